The lowest BCUT2D eigenvalue weighted by atomic mass is 10.0. The summed E-state index contributed by atoms with van der Waals surface area (Å²) in [6.07, 6.45) is 0.222. The van der Waals surface area contributed by atoms with Crippen molar-refractivity contribution in [2.24, 2.45) is 0 Å². The molecule has 1 aromatic heterocycles. The van der Waals surface area contributed by atoms with Crippen LogP contribution in [0.4, 0.5) is 34.9 Å². The number of piperidine rings is 1. The van der Waals surface area contributed by atoms with Gasteiger partial charge in [0.2, 0.25) is 5.82 Å². The number of aliphatic hydroxyl groups excluding tert-OH is 1. The summed E-state index contributed by atoms with van der Waals surface area (Å²) in [6.45, 7) is 1.89. The number of anilines is 3. The zero-order valence-corrected chi connectivity index (χ0v) is 20.9. The number of nitrogens with zero attached hydrogens (tertiary/aromatic N) is 4. The molecule has 1 saturated heterocycles. The number of likely N-dealkylation sites (N-methyl/N-ethyl adjacent to an activating group) is 1. The minimum Gasteiger partial charge on any atom is -0.400 e. The smallest absolute Gasteiger partial charge is 0.400 e. The van der Waals surface area contributed by atoms with Crippen LogP contribution in [-0.4, -0.2) is 72.1 Å². The van der Waals surface area contributed by atoms with E-state index >= 15 is 0 Å². The van der Waals surface area contributed by atoms with Crippen molar-refractivity contribution in [1.82, 2.24) is 14.9 Å². The van der Waals surface area contributed by atoms with Gasteiger partial charge in [-0.05, 0) is 57.5 Å². The average molecular weight is 535 g/mol. The van der Waals surface area contributed by atoms with Gasteiger partial charge >= 0.3 is 6.18 Å². The maximum Gasteiger partial charge on any atom is 0.416 e. The van der Waals surface area contributed by atoms with E-state index in [0.717, 1.165) is 32.1 Å². The summed E-state index contributed by atoms with van der Waals surface area (Å²) < 4.78 is 53.4. The first kappa shape index (κ1) is 29.5. The zero-order chi connectivity index (χ0) is 26.9. The molecule has 0 radical (unpaired) electrons. The Morgan fingerprint density at radius 3 is 2.72 bits per heavy atom. The van der Waals surface area contributed by atoms with E-state index in [0.29, 0.717) is 38.8 Å². The summed E-state index contributed by atoms with van der Waals surface area (Å²) in [5, 5.41) is 9.76. The van der Waals surface area contributed by atoms with E-state index in [4.69, 9.17) is 22.4 Å². The lowest BCUT2D eigenvalue weighted by Crippen LogP contribution is -2.47. The second-order valence-electron chi connectivity index (χ2n) is 8.37. The van der Waals surface area contributed by atoms with Crippen LogP contribution in [0, 0.1) is 5.82 Å². The minimum absolute atomic E-state index is 0.0644. The fourth-order valence-corrected chi connectivity index (χ4v) is 4.30. The van der Waals surface area contributed by atoms with Gasteiger partial charge in [-0.15, -0.1) is 0 Å². The molecule has 13 heteroatoms. The van der Waals surface area contributed by atoms with E-state index in [1.807, 2.05) is 11.9 Å². The van der Waals surface area contributed by atoms with E-state index in [9.17, 15) is 22.4 Å². The van der Waals surface area contributed by atoms with Crippen LogP contribution in [0.1, 0.15) is 31.2 Å². The number of aliphatic hydroxyl groups is 1. The molecule has 200 valence electrons. The molecule has 4 N–H and O–H groups in total. The highest BCUT2D eigenvalue weighted by atomic mass is 35.5. The maximum atomic E-state index is 14.3. The quantitative estimate of drug-likeness (QED) is 0.329. The predicted molar refractivity (Wildman–Crippen MR) is 132 cm³/mol. The Morgan fingerprint density at radius 1 is 1.33 bits per heavy atom. The Kier molecular flexibility index (Phi) is 11.1. The molecule has 1 fully saturated rings. The maximum absolute atomic E-state index is 14.3. The first-order valence-corrected chi connectivity index (χ1v) is 11.7. The van der Waals surface area contributed by atoms with Gasteiger partial charge in [0.05, 0.1) is 11.6 Å². The Bertz CT molecular complexity index is 998. The van der Waals surface area contributed by atoms with Gasteiger partial charge in [-0.25, -0.2) is 9.97 Å². The van der Waals surface area contributed by atoms with Crippen molar-refractivity contribution in [3.63, 3.8) is 0 Å². The SMILES string of the molecule is CN(CCCC(C=O)Nc1cc(Cl)cc(C(F)(F)F)c1)C1CCCN(c2ncnc(N)c2F)C1.CO. The first-order valence-electron chi connectivity index (χ1n) is 11.3. The van der Waals surface area contributed by atoms with Crippen LogP contribution in [0.3, 0.4) is 0 Å². The number of benzene rings is 1. The third-order valence-electron chi connectivity index (χ3n) is 5.88. The number of rotatable bonds is 9. The van der Waals surface area contributed by atoms with Crippen molar-refractivity contribution in [1.29, 1.82) is 0 Å². The molecule has 0 spiro atoms. The number of aromatic nitrogens is 2. The molecule has 1 aliphatic heterocycles. The topological polar surface area (TPSA) is 108 Å². The van der Waals surface area contributed by atoms with E-state index < -0.39 is 23.6 Å². The summed E-state index contributed by atoms with van der Waals surface area (Å²) in [6, 6.07) is 2.62. The third kappa shape index (κ3) is 8.17. The number of aldehydes is 1. The third-order valence-corrected chi connectivity index (χ3v) is 6.10. The largest absolute Gasteiger partial charge is 0.416 e. The summed E-state index contributed by atoms with van der Waals surface area (Å²) in [7, 11) is 2.95. The van der Waals surface area contributed by atoms with Gasteiger partial charge in [-0.3, -0.25) is 0 Å². The summed E-state index contributed by atoms with van der Waals surface area (Å²) >= 11 is 5.81. The molecule has 2 atom stereocenters. The molecule has 2 unspecified atom stereocenters. The van der Waals surface area contributed by atoms with Crippen LogP contribution < -0.4 is 16.0 Å². The molecular formula is C23H31ClF4N6O2. The molecule has 3 rings (SSSR count). The number of nitrogens with two attached hydrogens (primary N) is 1. The van der Waals surface area contributed by atoms with E-state index in [1.54, 1.807) is 0 Å². The summed E-state index contributed by atoms with van der Waals surface area (Å²) in [5.74, 6) is -0.620. The van der Waals surface area contributed by atoms with Gasteiger partial charge in [0.1, 0.15) is 12.6 Å². The molecule has 0 saturated carbocycles. The Labute approximate surface area is 212 Å². The van der Waals surface area contributed by atoms with E-state index in [1.165, 1.54) is 12.4 Å². The summed E-state index contributed by atoms with van der Waals surface area (Å²) in [4.78, 5) is 23.2. The number of carbonyl (C=O) groups excluding carboxylic acids is 1. The monoisotopic (exact) mass is 534 g/mol. The van der Waals surface area contributed by atoms with Crippen molar-refractivity contribution in [3.05, 3.63) is 40.9 Å². The van der Waals surface area contributed by atoms with E-state index in [2.05, 4.69) is 20.2 Å². The highest BCUT2D eigenvalue weighted by molar-refractivity contribution is 6.31. The fraction of sp³-hybridized carbons (Fsp3) is 0.522. The lowest BCUT2D eigenvalue weighted by molar-refractivity contribution is -0.137. The molecule has 1 aromatic carbocycles. The number of halogens is 5. The molecule has 0 amide bonds. The molecule has 1 aliphatic rings. The van der Waals surface area contributed by atoms with Crippen LogP contribution in [0.25, 0.3) is 0 Å². The van der Waals surface area contributed by atoms with Crippen molar-refractivity contribution in [2.75, 3.05) is 49.7 Å². The van der Waals surface area contributed by atoms with Gasteiger partial charge in [-0.1, -0.05) is 11.6 Å². The van der Waals surface area contributed by atoms with E-state index in [-0.39, 0.29) is 28.4 Å². The number of nitrogens with one attached hydrogen (secondary N) is 1. The highest BCUT2D eigenvalue weighted by Crippen LogP contribution is 2.33. The predicted octanol–water partition coefficient (Wildman–Crippen LogP) is 3.84. The molecule has 0 aliphatic carbocycles. The number of alkyl halides is 3. The molecule has 36 heavy (non-hydrogen) atoms. The Morgan fingerprint density at radius 2 is 2.06 bits per heavy atom. The van der Waals surface area contributed by atoms with Gasteiger partial charge in [-0.2, -0.15) is 17.6 Å². The molecule has 0 bridgehead atoms. The van der Waals surface area contributed by atoms with Gasteiger partial charge in [0.25, 0.3) is 0 Å². The lowest BCUT2D eigenvalue weighted by Gasteiger charge is -2.38. The zero-order valence-electron chi connectivity index (χ0n) is 20.1. The van der Waals surface area contributed by atoms with Crippen LogP contribution in [0.2, 0.25) is 5.02 Å². The van der Waals surface area contributed by atoms with Gasteiger partial charge in [0, 0.05) is 37.0 Å². The van der Waals surface area contributed by atoms with Crippen molar-refractivity contribution in [2.45, 2.75) is 43.9 Å². The minimum atomic E-state index is -4.53. The van der Waals surface area contributed by atoms with Crippen LogP contribution >= 0.6 is 11.6 Å². The van der Waals surface area contributed by atoms with Crippen molar-refractivity contribution < 1.29 is 27.5 Å². The van der Waals surface area contributed by atoms with Crippen LogP contribution in [-0.2, 0) is 11.0 Å². The standard InChI is InChI=1S/C22H27ClF4N6O.CH4O/c1-32(18-5-3-7-33(11-18)21-19(24)20(28)29-13-30-21)6-2-4-16(12-34)31-17-9-14(22(25,26)27)8-15(23)10-17;1-2/h8-10,12-13,16,18,31H,2-7,11H2,1H3,(H2,28,29,30);2H,1H3. The van der Waals surface area contributed by atoms with Crippen LogP contribution in [0.15, 0.2) is 24.5 Å². The normalized spacial score (nSPS) is 16.8. The van der Waals surface area contributed by atoms with Gasteiger partial charge in [0.15, 0.2) is 11.6 Å². The molecular weight excluding hydrogens is 504 g/mol. The second kappa shape index (κ2) is 13.6. The Balaban J connectivity index is 0.00000222. The molecule has 8 nitrogen and oxygen atoms in total. The molecule has 2 heterocycles. The first-order chi connectivity index (χ1) is 17.1. The number of hydrogen-bond donors (Lipinski definition) is 3. The van der Waals surface area contributed by atoms with Gasteiger partial charge < -0.3 is 30.8 Å². The fourth-order valence-electron chi connectivity index (χ4n) is 4.07. The average Bonchev–Trinajstić information content (AvgIpc) is 2.85. The van der Waals surface area contributed by atoms with Crippen LogP contribution in [0.5, 0.6) is 0 Å². The second-order valence-corrected chi connectivity index (χ2v) is 8.81. The van der Waals surface area contributed by atoms with Crippen molar-refractivity contribution >= 4 is 35.2 Å². The number of nitrogen functional groups attached to an aromatic ring is 1. The molecule has 2 aromatic rings. The number of hydrogen-bond acceptors (Lipinski definition) is 8. The highest BCUT2D eigenvalue weighted by Gasteiger charge is 2.31. The number of carbonyl (C=O) groups is 1. The van der Waals surface area contributed by atoms with Crippen molar-refractivity contribution in [3.8, 4) is 0 Å². The summed E-state index contributed by atoms with van der Waals surface area (Å²) in [5.41, 5.74) is 4.82. The Hall–Kier alpha value is -2.70.